The molecule has 0 atom stereocenters. The lowest BCUT2D eigenvalue weighted by Gasteiger charge is -2.25. The standard InChI is InChI=1S/C29H26ClF4N3O3/c1-28(2,19-7-5-8-20(13-19)29(32,33)34)15-23(38)17-37-27(39)36(16-18-6-4-9-22(31)12-18)26(35-37)24-11-10-21(30)14-25(24)40-3/h4-14H,15-17H2,1-3H3. The number of aromatic nitrogens is 3. The van der Waals surface area contributed by atoms with Crippen LogP contribution in [0.5, 0.6) is 5.75 Å². The van der Waals surface area contributed by atoms with Crippen LogP contribution in [0.4, 0.5) is 17.6 Å². The number of methoxy groups -OCH3 is 1. The van der Waals surface area contributed by atoms with Crippen molar-refractivity contribution < 1.29 is 27.1 Å². The molecule has 1 heterocycles. The predicted molar refractivity (Wildman–Crippen MR) is 143 cm³/mol. The first-order valence-electron chi connectivity index (χ1n) is 12.2. The number of hydrogen-bond donors (Lipinski definition) is 0. The summed E-state index contributed by atoms with van der Waals surface area (Å²) in [4.78, 5) is 26.6. The number of alkyl halides is 3. The van der Waals surface area contributed by atoms with Gasteiger partial charge in [0.25, 0.3) is 0 Å². The first-order valence-corrected chi connectivity index (χ1v) is 12.6. The number of nitrogens with zero attached hydrogens (tertiary/aromatic N) is 3. The Hall–Kier alpha value is -3.92. The molecule has 0 amide bonds. The number of ketones is 1. The quantitative estimate of drug-likeness (QED) is 0.213. The van der Waals surface area contributed by atoms with Gasteiger partial charge in [0.2, 0.25) is 0 Å². The van der Waals surface area contributed by atoms with Gasteiger partial charge in [0, 0.05) is 11.4 Å². The molecule has 0 fully saturated rings. The zero-order valence-corrected chi connectivity index (χ0v) is 22.7. The summed E-state index contributed by atoms with van der Waals surface area (Å²) in [6.07, 6.45) is -4.66. The van der Waals surface area contributed by atoms with Crippen LogP contribution in [0.1, 0.15) is 37.0 Å². The van der Waals surface area contributed by atoms with Gasteiger partial charge in [0.05, 0.1) is 24.8 Å². The van der Waals surface area contributed by atoms with Gasteiger partial charge in [-0.2, -0.15) is 13.2 Å². The van der Waals surface area contributed by atoms with Crippen LogP contribution in [0, 0.1) is 5.82 Å². The Labute approximate surface area is 232 Å². The van der Waals surface area contributed by atoms with Gasteiger partial charge >= 0.3 is 11.9 Å². The number of benzene rings is 3. The Morgan fingerprint density at radius 3 is 2.38 bits per heavy atom. The summed E-state index contributed by atoms with van der Waals surface area (Å²) in [6, 6.07) is 15.3. The van der Waals surface area contributed by atoms with Gasteiger partial charge in [-0.25, -0.2) is 13.9 Å². The lowest BCUT2D eigenvalue weighted by molar-refractivity contribution is -0.137. The Morgan fingerprint density at radius 1 is 1.00 bits per heavy atom. The minimum absolute atomic E-state index is 0.0401. The van der Waals surface area contributed by atoms with E-state index in [9.17, 15) is 27.2 Å². The molecule has 0 N–H and O–H groups in total. The molecule has 40 heavy (non-hydrogen) atoms. The fourth-order valence-electron chi connectivity index (χ4n) is 4.49. The monoisotopic (exact) mass is 575 g/mol. The van der Waals surface area contributed by atoms with Crippen molar-refractivity contribution >= 4 is 17.4 Å². The first-order chi connectivity index (χ1) is 18.8. The second kappa shape index (κ2) is 11.3. The maximum absolute atomic E-state index is 13.9. The van der Waals surface area contributed by atoms with Crippen molar-refractivity contribution in [2.24, 2.45) is 0 Å². The van der Waals surface area contributed by atoms with Crippen LogP contribution in [0.3, 0.4) is 0 Å². The van der Waals surface area contributed by atoms with E-state index in [4.69, 9.17) is 16.3 Å². The van der Waals surface area contributed by atoms with Crippen LogP contribution in [0.25, 0.3) is 11.4 Å². The first kappa shape index (κ1) is 29.1. The Kier molecular flexibility index (Phi) is 8.20. The number of hydrogen-bond acceptors (Lipinski definition) is 4. The minimum Gasteiger partial charge on any atom is -0.496 e. The van der Waals surface area contributed by atoms with Crippen LogP contribution in [0.15, 0.2) is 71.5 Å². The van der Waals surface area contributed by atoms with E-state index in [0.29, 0.717) is 27.5 Å². The Balaban J connectivity index is 1.68. The molecule has 0 radical (unpaired) electrons. The number of halogens is 5. The maximum atomic E-state index is 13.9. The molecule has 0 aliphatic heterocycles. The highest BCUT2D eigenvalue weighted by atomic mass is 35.5. The number of carbonyl (C=O) groups is 1. The fraction of sp³-hybridized carbons (Fsp3) is 0.276. The van der Waals surface area contributed by atoms with Crippen molar-refractivity contribution in [1.82, 2.24) is 14.3 Å². The SMILES string of the molecule is COc1cc(Cl)ccc1-c1nn(CC(=O)CC(C)(C)c2cccc(C(F)(F)F)c2)c(=O)n1Cc1cccc(F)c1. The Bertz CT molecular complexity index is 1610. The smallest absolute Gasteiger partial charge is 0.416 e. The molecule has 4 rings (SSSR count). The topological polar surface area (TPSA) is 66.1 Å². The molecular weight excluding hydrogens is 550 g/mol. The van der Waals surface area contributed by atoms with Gasteiger partial charge in [-0.05, 0) is 52.9 Å². The molecule has 4 aromatic rings. The summed E-state index contributed by atoms with van der Waals surface area (Å²) < 4.78 is 61.3. The average Bonchev–Trinajstić information content (AvgIpc) is 3.17. The fourth-order valence-corrected chi connectivity index (χ4v) is 4.65. The van der Waals surface area contributed by atoms with Crippen molar-refractivity contribution in [3.05, 3.63) is 105 Å². The molecule has 0 spiro atoms. The lowest BCUT2D eigenvalue weighted by atomic mass is 9.79. The highest BCUT2D eigenvalue weighted by Crippen LogP contribution is 2.35. The molecule has 6 nitrogen and oxygen atoms in total. The number of Topliss-reactive ketones (excluding diaryl/α,β-unsaturated/α-hetero) is 1. The summed E-state index contributed by atoms with van der Waals surface area (Å²) in [6.45, 7) is 2.87. The van der Waals surface area contributed by atoms with E-state index in [1.54, 1.807) is 38.1 Å². The van der Waals surface area contributed by atoms with Crippen molar-refractivity contribution in [3.63, 3.8) is 0 Å². The van der Waals surface area contributed by atoms with Gasteiger partial charge < -0.3 is 4.74 Å². The maximum Gasteiger partial charge on any atom is 0.416 e. The van der Waals surface area contributed by atoms with E-state index in [2.05, 4.69) is 5.10 Å². The summed E-state index contributed by atoms with van der Waals surface area (Å²) in [5.41, 5.74) is -1.12. The number of ether oxygens (including phenoxy) is 1. The van der Waals surface area contributed by atoms with Gasteiger partial charge in [-0.1, -0.05) is 55.8 Å². The molecule has 0 aliphatic rings. The lowest BCUT2D eigenvalue weighted by Crippen LogP contribution is -2.31. The molecule has 0 unspecified atom stereocenters. The van der Waals surface area contributed by atoms with Crippen LogP contribution >= 0.6 is 11.6 Å². The molecule has 1 aromatic heterocycles. The Morgan fingerprint density at radius 2 is 1.70 bits per heavy atom. The van der Waals surface area contributed by atoms with E-state index >= 15 is 0 Å². The van der Waals surface area contributed by atoms with E-state index in [1.165, 1.54) is 42.0 Å². The van der Waals surface area contributed by atoms with Crippen LogP contribution in [-0.4, -0.2) is 27.2 Å². The predicted octanol–water partition coefficient (Wildman–Crippen LogP) is 6.52. The van der Waals surface area contributed by atoms with Crippen molar-refractivity contribution in [1.29, 1.82) is 0 Å². The summed E-state index contributed by atoms with van der Waals surface area (Å²) >= 11 is 6.10. The third kappa shape index (κ3) is 6.44. The second-order valence-corrected chi connectivity index (χ2v) is 10.4. The molecule has 0 aliphatic carbocycles. The highest BCUT2D eigenvalue weighted by molar-refractivity contribution is 6.30. The van der Waals surface area contributed by atoms with Crippen molar-refractivity contribution in [3.8, 4) is 17.1 Å². The van der Waals surface area contributed by atoms with E-state index < -0.39 is 41.0 Å². The van der Waals surface area contributed by atoms with Gasteiger partial charge in [0.1, 0.15) is 18.1 Å². The highest BCUT2D eigenvalue weighted by Gasteiger charge is 2.33. The normalized spacial score (nSPS) is 12.0. The van der Waals surface area contributed by atoms with Crippen molar-refractivity contribution in [2.45, 2.75) is 44.9 Å². The third-order valence-electron chi connectivity index (χ3n) is 6.49. The average molecular weight is 576 g/mol. The van der Waals surface area contributed by atoms with E-state index in [-0.39, 0.29) is 18.8 Å². The summed E-state index contributed by atoms with van der Waals surface area (Å²) in [5, 5.41) is 4.80. The van der Waals surface area contributed by atoms with Crippen LogP contribution in [0.2, 0.25) is 5.02 Å². The molecule has 3 aromatic carbocycles. The molecular formula is C29H26ClF4N3O3. The van der Waals surface area contributed by atoms with Crippen molar-refractivity contribution in [2.75, 3.05) is 7.11 Å². The number of carbonyl (C=O) groups excluding carboxylic acids is 1. The molecule has 0 saturated heterocycles. The molecule has 11 heteroatoms. The zero-order chi connectivity index (χ0) is 29.2. The van der Waals surface area contributed by atoms with E-state index in [1.807, 2.05) is 0 Å². The van der Waals surface area contributed by atoms with Crippen LogP contribution in [-0.2, 0) is 29.5 Å². The van der Waals surface area contributed by atoms with Crippen LogP contribution < -0.4 is 10.4 Å². The minimum atomic E-state index is -4.52. The molecule has 210 valence electrons. The third-order valence-corrected chi connectivity index (χ3v) is 6.73. The molecule has 0 saturated carbocycles. The second-order valence-electron chi connectivity index (χ2n) is 10.0. The van der Waals surface area contributed by atoms with Gasteiger partial charge in [-0.3, -0.25) is 9.36 Å². The zero-order valence-electron chi connectivity index (χ0n) is 21.9. The largest absolute Gasteiger partial charge is 0.496 e. The van der Waals surface area contributed by atoms with Gasteiger partial charge in [-0.15, -0.1) is 5.10 Å². The summed E-state index contributed by atoms with van der Waals surface area (Å²) in [5.74, 6) is -0.375. The summed E-state index contributed by atoms with van der Waals surface area (Å²) in [7, 11) is 1.43. The van der Waals surface area contributed by atoms with Gasteiger partial charge in [0.15, 0.2) is 11.6 Å². The van der Waals surface area contributed by atoms with E-state index in [0.717, 1.165) is 16.8 Å². The molecule has 0 bridgehead atoms. The number of rotatable bonds is 9.